The van der Waals surface area contributed by atoms with E-state index < -0.39 is 37.7 Å². The summed E-state index contributed by atoms with van der Waals surface area (Å²) in [6.07, 6.45) is 0. The molecule has 0 saturated carbocycles. The zero-order valence-corrected chi connectivity index (χ0v) is 86.2. The van der Waals surface area contributed by atoms with Crippen molar-refractivity contribution in [2.45, 2.75) is 105 Å². The molecule has 5 heteroatoms. The first-order valence-electron chi connectivity index (χ1n) is 54.9. The molecule has 24 rings (SSSR count). The van der Waals surface area contributed by atoms with Crippen LogP contribution in [0.25, 0.3) is 150 Å². The summed E-state index contributed by atoms with van der Waals surface area (Å²) in [5.41, 5.74) is 33.1. The zero-order chi connectivity index (χ0) is 106. The van der Waals surface area contributed by atoms with Gasteiger partial charge in [-0.05, 0) is 278 Å². The lowest BCUT2D eigenvalue weighted by atomic mass is 9.33. The minimum absolute atomic E-state index is 0.0814. The fourth-order valence-electron chi connectivity index (χ4n) is 22.6. The van der Waals surface area contributed by atoms with Crippen molar-refractivity contribution < 1.29 is 9.60 Å². The van der Waals surface area contributed by atoms with Crippen LogP contribution in [-0.4, -0.2) is 19.4 Å². The van der Waals surface area contributed by atoms with Gasteiger partial charge in [-0.2, -0.15) is 0 Å². The topological polar surface area (TPSA) is 11.4 Å². The molecule has 0 radical (unpaired) electrons. The molecule has 2 aliphatic heterocycles. The molecule has 0 bridgehead atoms. The van der Waals surface area contributed by atoms with E-state index in [1.54, 1.807) is 4.57 Å². The van der Waals surface area contributed by atoms with Gasteiger partial charge in [-0.15, -0.1) is 0 Å². The normalized spacial score (nSPS) is 13.3. The summed E-state index contributed by atoms with van der Waals surface area (Å²) < 4.78 is 73.8. The highest BCUT2D eigenvalue weighted by molar-refractivity contribution is 7.20. The third-order valence-electron chi connectivity index (χ3n) is 30.3. The quantitative estimate of drug-likeness (QED) is 0.0627. The van der Waals surface area contributed by atoms with Crippen molar-refractivity contribution in [1.29, 1.82) is 0 Å². The first-order valence-corrected chi connectivity index (χ1v) is 53.4. The fourth-order valence-corrected chi connectivity index (χ4v) is 27.3. The molecule has 0 aliphatic carbocycles. The molecule has 21 aromatic carbocycles. The number of para-hydroxylation sites is 1. The monoisotopic (exact) mass is 1910 g/mol. The van der Waals surface area contributed by atoms with Gasteiger partial charge < -0.3 is 14.4 Å². The molecule has 2 aliphatic rings. The molecule has 0 amide bonds. The van der Waals surface area contributed by atoms with Crippen molar-refractivity contribution in [2.24, 2.45) is 0 Å². The second-order valence-corrected chi connectivity index (χ2v) is 47.6. The van der Waals surface area contributed by atoms with Crippen molar-refractivity contribution in [1.82, 2.24) is 4.57 Å². The maximum atomic E-state index is 10.8. The van der Waals surface area contributed by atoms with E-state index in [-0.39, 0.29) is 68.4 Å². The van der Waals surface area contributed by atoms with Crippen LogP contribution in [0.2, 0.25) is 0 Å². The molecule has 0 saturated heterocycles. The van der Waals surface area contributed by atoms with Crippen molar-refractivity contribution in [3.05, 3.63) is 520 Å². The standard InChI is InChI=1S/C142H118BN3Si/c1-139(2,3)113-83-111(84-114(89-113)140(4,5)6)112-87-134-136-135(88-112)146(138-125(109-59-41-55-103(81-109)97-47-25-15-26-48-97)92-116(142(10,11)12)93-126(138)110-60-42-56-104(82-110)98-49-27-16-28-50-98)133-94-117(144-130-68-38-37-67-122(130)127-85-105(71-77-131(127)144)99-51-29-17-30-52-99)73-76-128(133)143(136)129-86-106(100-69-74-121(75-70-100)147(118-61-31-18-32-62-118,119-63-33-19-34-64-119)120-65-35-20-36-66-120)72-78-132(129)145(134)137-123(107-57-39-53-101(79-107)95-43-21-13-22-44-95)90-115(141(7,8)9)91-124(137)108-58-40-54-102(80-108)96-45-23-14-24-46-96/h13-94H,1-12H3/i37D,38D,67D,68D,71D,77D,85D. The molecule has 3 nitrogen and oxygen atoms in total. The maximum Gasteiger partial charge on any atom is 0.252 e. The summed E-state index contributed by atoms with van der Waals surface area (Å²) in [6.45, 7) is 27.2. The molecule has 0 N–H and O–H groups in total. The van der Waals surface area contributed by atoms with Crippen LogP contribution < -0.4 is 46.9 Å². The number of anilines is 6. The van der Waals surface area contributed by atoms with Crippen LogP contribution in [0.3, 0.4) is 0 Å². The summed E-state index contributed by atoms with van der Waals surface area (Å²) in [5.74, 6) is 0. The van der Waals surface area contributed by atoms with Gasteiger partial charge in [-0.1, -0.05) is 483 Å². The smallest absolute Gasteiger partial charge is 0.252 e. The van der Waals surface area contributed by atoms with Gasteiger partial charge in [0.15, 0.2) is 8.07 Å². The minimum Gasteiger partial charge on any atom is -0.310 e. The maximum absolute atomic E-state index is 10.8. The minimum atomic E-state index is -3.08. The average molecular weight is 1910 g/mol. The van der Waals surface area contributed by atoms with Crippen LogP contribution in [0.15, 0.2) is 497 Å². The van der Waals surface area contributed by atoms with E-state index in [0.717, 1.165) is 173 Å². The molecule has 0 atom stereocenters. The number of aromatic nitrogens is 1. The summed E-state index contributed by atoms with van der Waals surface area (Å²) in [4.78, 5) is 5.25. The van der Waals surface area contributed by atoms with Gasteiger partial charge in [0.25, 0.3) is 6.71 Å². The number of fused-ring (bicyclic) bond motifs is 7. The van der Waals surface area contributed by atoms with E-state index in [0.29, 0.717) is 11.3 Å². The predicted octanol–water partition coefficient (Wildman–Crippen LogP) is 33.8. The van der Waals surface area contributed by atoms with Crippen LogP contribution in [0.5, 0.6) is 0 Å². The van der Waals surface area contributed by atoms with E-state index in [1.807, 2.05) is 30.3 Å². The first-order chi connectivity index (χ1) is 74.3. The molecule has 22 aromatic rings. The molecule has 3 heterocycles. The molecule has 1 aromatic heterocycles. The summed E-state index contributed by atoms with van der Waals surface area (Å²) >= 11 is 0. The SMILES string of the molecule is [2H]c1c([2H])c([2H])c2c(c1[2H])c1c([2H])c(-c3ccccc3)c([2H])c([2H])c1n2-c1ccc2c(c1)N(c1c(-c3cccc(-c4ccccc4)c3)cc(C(C)(C)C)cc1-c1cccc(-c3ccccc3)c1)c1cc(-c3cc(C(C)(C)C)cc(C(C)(C)C)c3)cc3c1B2c1cc(-c2ccc([Si](c4ccccc4)(c4ccccc4)c4ccccc4)cc2)ccc1N3c1c(-c2cccc(-c3ccccc3)c2)cc(C(C)(C)C)cc1-c1cccc(-c2ccccc2)c1. The lowest BCUT2D eigenvalue weighted by Crippen LogP contribution is -2.74. The van der Waals surface area contributed by atoms with Gasteiger partial charge in [-0.3, -0.25) is 0 Å². The molecule has 0 unspecified atom stereocenters. The molecule has 708 valence electrons. The fraction of sp³-hybridized carbons (Fsp3) is 0.113. The first kappa shape index (κ1) is 84.8. The zero-order valence-electron chi connectivity index (χ0n) is 92.2. The van der Waals surface area contributed by atoms with E-state index in [4.69, 9.17) is 0 Å². The lowest BCUT2D eigenvalue weighted by molar-refractivity contribution is 0.569. The molecule has 0 spiro atoms. The largest absolute Gasteiger partial charge is 0.310 e. The van der Waals surface area contributed by atoms with Crippen LogP contribution >= 0.6 is 0 Å². The van der Waals surface area contributed by atoms with E-state index in [2.05, 4.69) is 518 Å². The average Bonchev–Trinajstić information content (AvgIpc) is 0.917. The third-order valence-corrected chi connectivity index (χ3v) is 35.1. The van der Waals surface area contributed by atoms with E-state index in [1.165, 1.54) is 31.9 Å². The van der Waals surface area contributed by atoms with Gasteiger partial charge in [0.1, 0.15) is 0 Å². The van der Waals surface area contributed by atoms with Gasteiger partial charge in [-0.25, -0.2) is 0 Å². The van der Waals surface area contributed by atoms with Gasteiger partial charge in [0.2, 0.25) is 0 Å². The van der Waals surface area contributed by atoms with Crippen LogP contribution in [0.1, 0.15) is 115 Å². The van der Waals surface area contributed by atoms with Crippen molar-refractivity contribution >= 4 is 108 Å². The Bertz CT molecular complexity index is 8900. The van der Waals surface area contributed by atoms with E-state index in [9.17, 15) is 9.60 Å². The summed E-state index contributed by atoms with van der Waals surface area (Å²) in [7, 11) is -3.08. The van der Waals surface area contributed by atoms with Crippen LogP contribution in [0, 0.1) is 0 Å². The Morgan fingerprint density at radius 1 is 0.218 bits per heavy atom. The van der Waals surface area contributed by atoms with Crippen molar-refractivity contribution in [2.75, 3.05) is 9.80 Å². The molecular formula is C142H118BN3Si. The summed E-state index contributed by atoms with van der Waals surface area (Å²) in [5, 5.41) is 5.29. The number of nitrogens with zero attached hydrogens (tertiary/aromatic N) is 3. The highest BCUT2D eigenvalue weighted by atomic mass is 28.3. The third kappa shape index (κ3) is 17.0. The van der Waals surface area contributed by atoms with Crippen LogP contribution in [-0.2, 0) is 21.7 Å². The van der Waals surface area contributed by atoms with Gasteiger partial charge in [0, 0.05) is 61.5 Å². The second kappa shape index (κ2) is 37.2. The number of hydrogen-bond donors (Lipinski definition) is 0. The predicted molar refractivity (Wildman–Crippen MR) is 633 cm³/mol. The lowest BCUT2D eigenvalue weighted by Gasteiger charge is -2.46. The second-order valence-electron chi connectivity index (χ2n) is 43.8. The van der Waals surface area contributed by atoms with Crippen molar-refractivity contribution in [3.63, 3.8) is 0 Å². The van der Waals surface area contributed by atoms with Gasteiger partial charge >= 0.3 is 0 Å². The Balaban J connectivity index is 0.909. The molecule has 0 fully saturated rings. The number of hydrogen-bond acceptors (Lipinski definition) is 2. The molecular weight excluding hydrogens is 1790 g/mol. The highest BCUT2D eigenvalue weighted by Crippen LogP contribution is 2.57. The Morgan fingerprint density at radius 2 is 0.537 bits per heavy atom. The Kier molecular flexibility index (Phi) is 21.4. The highest BCUT2D eigenvalue weighted by Gasteiger charge is 2.48. The Hall–Kier alpha value is -16.7. The number of benzene rings is 21. The van der Waals surface area contributed by atoms with E-state index >= 15 is 0 Å². The van der Waals surface area contributed by atoms with Crippen LogP contribution in [0.4, 0.5) is 34.1 Å². The Labute approximate surface area is 878 Å². The van der Waals surface area contributed by atoms with Crippen molar-refractivity contribution in [3.8, 4) is 128 Å². The summed E-state index contributed by atoms with van der Waals surface area (Å²) in [6, 6.07) is 165. The Morgan fingerprint density at radius 3 is 0.939 bits per heavy atom. The molecule has 147 heavy (non-hydrogen) atoms. The number of rotatable bonds is 18. The van der Waals surface area contributed by atoms with Gasteiger partial charge in [0.05, 0.1) is 32.0 Å².